The van der Waals surface area contributed by atoms with E-state index in [2.05, 4.69) is 21.2 Å². The summed E-state index contributed by atoms with van der Waals surface area (Å²) in [5.41, 5.74) is 0.714. The van der Waals surface area contributed by atoms with Gasteiger partial charge in [-0.1, -0.05) is 0 Å². The fraction of sp³-hybridized carbons (Fsp3) is 0.333. The molecule has 0 spiro atoms. The van der Waals surface area contributed by atoms with Crippen molar-refractivity contribution in [3.8, 4) is 5.75 Å². The molecule has 0 radical (unpaired) electrons. The summed E-state index contributed by atoms with van der Waals surface area (Å²) in [6.45, 7) is 2.60. The molecule has 70 valence electrons. The number of ether oxygens (including phenoxy) is 1. The largest absolute Gasteiger partial charge is 0.488 e. The van der Waals surface area contributed by atoms with Gasteiger partial charge < -0.3 is 10.1 Å². The Balaban J connectivity index is 2.47. The van der Waals surface area contributed by atoms with Crippen LogP contribution in [0.15, 0.2) is 16.6 Å². The Morgan fingerprint density at radius 3 is 3.15 bits per heavy atom. The Bertz CT molecular complexity index is 343. The molecule has 1 aromatic rings. The van der Waals surface area contributed by atoms with Crippen LogP contribution in [0.25, 0.3) is 0 Å². The zero-order valence-corrected chi connectivity index (χ0v) is 8.69. The molecule has 0 amide bonds. The maximum Gasteiger partial charge on any atom is 0.156 e. The van der Waals surface area contributed by atoms with Gasteiger partial charge in [0.15, 0.2) is 5.75 Å². The van der Waals surface area contributed by atoms with Gasteiger partial charge in [0.05, 0.1) is 16.2 Å². The lowest BCUT2D eigenvalue weighted by Gasteiger charge is -2.25. The van der Waals surface area contributed by atoms with E-state index in [0.29, 0.717) is 22.5 Å². The molecule has 13 heavy (non-hydrogen) atoms. The van der Waals surface area contributed by atoms with Crippen molar-refractivity contribution in [1.29, 1.82) is 0 Å². The molecule has 2 nitrogen and oxygen atoms in total. The summed E-state index contributed by atoms with van der Waals surface area (Å²) in [4.78, 5) is 0. The SMILES string of the molecule is CC1COc2c(Br)cc(F)cc2N1. The highest BCUT2D eigenvalue weighted by atomic mass is 79.9. The van der Waals surface area contributed by atoms with Gasteiger partial charge in [-0.25, -0.2) is 4.39 Å². The lowest BCUT2D eigenvalue weighted by Crippen LogP contribution is -2.28. The number of halogens is 2. The molecule has 0 bridgehead atoms. The Labute approximate surface area is 84.2 Å². The molecule has 0 aliphatic carbocycles. The van der Waals surface area contributed by atoms with Gasteiger partial charge >= 0.3 is 0 Å². The van der Waals surface area contributed by atoms with E-state index in [1.54, 1.807) is 0 Å². The molecule has 1 aliphatic heterocycles. The maximum atomic E-state index is 13.0. The van der Waals surface area contributed by atoms with Crippen LogP contribution < -0.4 is 10.1 Å². The summed E-state index contributed by atoms with van der Waals surface area (Å²) in [5, 5.41) is 3.15. The summed E-state index contributed by atoms with van der Waals surface area (Å²) in [5.74, 6) is 0.426. The van der Waals surface area contributed by atoms with Crippen LogP contribution in [0.4, 0.5) is 10.1 Å². The lowest BCUT2D eigenvalue weighted by molar-refractivity contribution is 0.289. The second kappa shape index (κ2) is 3.18. The smallest absolute Gasteiger partial charge is 0.156 e. The van der Waals surface area contributed by atoms with Crippen molar-refractivity contribution in [1.82, 2.24) is 0 Å². The Morgan fingerprint density at radius 1 is 1.62 bits per heavy atom. The van der Waals surface area contributed by atoms with Gasteiger partial charge in [0, 0.05) is 6.07 Å². The highest BCUT2D eigenvalue weighted by Gasteiger charge is 2.18. The minimum atomic E-state index is -0.268. The predicted octanol–water partition coefficient (Wildman–Crippen LogP) is 2.78. The summed E-state index contributed by atoms with van der Waals surface area (Å²) in [7, 11) is 0. The van der Waals surface area contributed by atoms with Crippen molar-refractivity contribution in [2.45, 2.75) is 13.0 Å². The third-order valence-electron chi connectivity index (χ3n) is 1.89. The van der Waals surface area contributed by atoms with E-state index < -0.39 is 0 Å². The minimum absolute atomic E-state index is 0.223. The summed E-state index contributed by atoms with van der Waals surface area (Å²) in [6, 6.07) is 3.06. The molecule has 4 heteroatoms. The zero-order chi connectivity index (χ0) is 9.42. The van der Waals surface area contributed by atoms with Crippen LogP contribution >= 0.6 is 15.9 Å². The van der Waals surface area contributed by atoms with Gasteiger partial charge in [-0.2, -0.15) is 0 Å². The molecular formula is C9H9BrFNO. The van der Waals surface area contributed by atoms with Crippen LogP contribution in [-0.4, -0.2) is 12.6 Å². The first kappa shape index (κ1) is 8.81. The Morgan fingerprint density at radius 2 is 2.38 bits per heavy atom. The molecule has 1 atom stereocenters. The minimum Gasteiger partial charge on any atom is -0.488 e. The first-order valence-corrected chi connectivity index (χ1v) is 4.84. The molecule has 1 unspecified atom stereocenters. The maximum absolute atomic E-state index is 13.0. The number of hydrogen-bond donors (Lipinski definition) is 1. The number of hydrogen-bond acceptors (Lipinski definition) is 2. The molecule has 1 heterocycles. The quantitative estimate of drug-likeness (QED) is 0.759. The molecule has 0 saturated heterocycles. The lowest BCUT2D eigenvalue weighted by atomic mass is 10.2. The number of benzene rings is 1. The fourth-order valence-corrected chi connectivity index (χ4v) is 1.88. The van der Waals surface area contributed by atoms with Crippen molar-refractivity contribution in [3.63, 3.8) is 0 Å². The van der Waals surface area contributed by atoms with E-state index in [-0.39, 0.29) is 11.9 Å². The van der Waals surface area contributed by atoms with Gasteiger partial charge in [0.25, 0.3) is 0 Å². The van der Waals surface area contributed by atoms with Gasteiger partial charge in [0.1, 0.15) is 12.4 Å². The highest BCUT2D eigenvalue weighted by molar-refractivity contribution is 9.10. The van der Waals surface area contributed by atoms with E-state index in [1.165, 1.54) is 12.1 Å². The van der Waals surface area contributed by atoms with Crippen LogP contribution in [0.2, 0.25) is 0 Å². The first-order valence-electron chi connectivity index (χ1n) is 4.05. The third-order valence-corrected chi connectivity index (χ3v) is 2.48. The molecule has 2 rings (SSSR count). The second-order valence-corrected chi connectivity index (χ2v) is 3.98. The standard InChI is InChI=1S/C9H9BrFNO/c1-5-4-13-9-7(10)2-6(11)3-8(9)12-5/h2-3,5,12H,4H2,1H3. The van der Waals surface area contributed by atoms with Gasteiger partial charge in [-0.05, 0) is 28.9 Å². The van der Waals surface area contributed by atoms with E-state index in [4.69, 9.17) is 4.74 Å². The van der Waals surface area contributed by atoms with Gasteiger partial charge in [0.2, 0.25) is 0 Å². The Kier molecular flexibility index (Phi) is 2.15. The highest BCUT2D eigenvalue weighted by Crippen LogP contribution is 2.36. The van der Waals surface area contributed by atoms with Crippen molar-refractivity contribution < 1.29 is 9.13 Å². The molecule has 1 N–H and O–H groups in total. The molecule has 1 aliphatic rings. The number of rotatable bonds is 0. The van der Waals surface area contributed by atoms with Gasteiger partial charge in [-0.15, -0.1) is 0 Å². The van der Waals surface area contributed by atoms with E-state index in [1.807, 2.05) is 6.92 Å². The molecule has 1 aromatic carbocycles. The van der Waals surface area contributed by atoms with E-state index in [9.17, 15) is 4.39 Å². The number of fused-ring (bicyclic) bond motifs is 1. The average molecular weight is 246 g/mol. The van der Waals surface area contributed by atoms with Crippen LogP contribution in [0, 0.1) is 5.82 Å². The third kappa shape index (κ3) is 1.63. The van der Waals surface area contributed by atoms with Crippen LogP contribution in [0.5, 0.6) is 5.75 Å². The molecular weight excluding hydrogens is 237 g/mol. The molecule has 0 saturated carbocycles. The normalized spacial score (nSPS) is 20.1. The first-order chi connectivity index (χ1) is 6.16. The monoisotopic (exact) mass is 245 g/mol. The van der Waals surface area contributed by atoms with Crippen molar-refractivity contribution in [3.05, 3.63) is 22.4 Å². The van der Waals surface area contributed by atoms with Crippen molar-refractivity contribution >= 4 is 21.6 Å². The summed E-state index contributed by atoms with van der Waals surface area (Å²) in [6.07, 6.45) is 0. The Hall–Kier alpha value is -0.770. The molecule has 0 aromatic heterocycles. The summed E-state index contributed by atoms with van der Waals surface area (Å²) < 4.78 is 19.1. The average Bonchev–Trinajstić information content (AvgIpc) is 2.02. The van der Waals surface area contributed by atoms with Gasteiger partial charge in [-0.3, -0.25) is 0 Å². The summed E-state index contributed by atoms with van der Waals surface area (Å²) >= 11 is 3.25. The van der Waals surface area contributed by atoms with Crippen LogP contribution in [0.3, 0.4) is 0 Å². The zero-order valence-electron chi connectivity index (χ0n) is 7.10. The second-order valence-electron chi connectivity index (χ2n) is 3.12. The van der Waals surface area contributed by atoms with Crippen molar-refractivity contribution in [2.75, 3.05) is 11.9 Å². The van der Waals surface area contributed by atoms with E-state index in [0.717, 1.165) is 0 Å². The number of nitrogens with one attached hydrogen (secondary N) is 1. The topological polar surface area (TPSA) is 21.3 Å². The van der Waals surface area contributed by atoms with Crippen LogP contribution in [0.1, 0.15) is 6.92 Å². The predicted molar refractivity (Wildman–Crippen MR) is 52.7 cm³/mol. The molecule has 0 fully saturated rings. The van der Waals surface area contributed by atoms with E-state index >= 15 is 0 Å². The number of anilines is 1. The van der Waals surface area contributed by atoms with Crippen LogP contribution in [-0.2, 0) is 0 Å². The fourth-order valence-electron chi connectivity index (χ4n) is 1.33. The van der Waals surface area contributed by atoms with Crippen molar-refractivity contribution in [2.24, 2.45) is 0 Å².